The van der Waals surface area contributed by atoms with E-state index in [1.807, 2.05) is 49.1 Å². The molecule has 0 radical (unpaired) electrons. The molecule has 0 aliphatic heterocycles. The van der Waals surface area contributed by atoms with Gasteiger partial charge in [0.25, 0.3) is 0 Å². The van der Waals surface area contributed by atoms with Gasteiger partial charge in [-0.2, -0.15) is 0 Å². The largest absolute Gasteiger partial charge is 0.399 e. The van der Waals surface area contributed by atoms with Crippen molar-refractivity contribution in [1.82, 2.24) is 9.97 Å². The average molecular weight is 302 g/mol. The second kappa shape index (κ2) is 6.35. The lowest BCUT2D eigenvalue weighted by Gasteiger charge is -2.23. The van der Waals surface area contributed by atoms with Gasteiger partial charge in [0.1, 0.15) is 5.82 Å². The number of nitrogens with one attached hydrogen (secondary N) is 1. The van der Waals surface area contributed by atoms with Crippen molar-refractivity contribution in [2.75, 3.05) is 23.9 Å². The number of nitrogen functional groups attached to an aromatic ring is 1. The zero-order valence-electron chi connectivity index (χ0n) is 13.0. The van der Waals surface area contributed by atoms with Gasteiger partial charge < -0.3 is 11.1 Å². The Morgan fingerprint density at radius 2 is 1.86 bits per heavy atom. The Morgan fingerprint density at radius 3 is 2.43 bits per heavy atom. The Kier molecular flexibility index (Phi) is 4.73. The van der Waals surface area contributed by atoms with Crippen LogP contribution in [-0.4, -0.2) is 22.8 Å². The van der Waals surface area contributed by atoms with Gasteiger partial charge in [0.05, 0.1) is 10.4 Å². The summed E-state index contributed by atoms with van der Waals surface area (Å²) in [4.78, 5) is 9.31. The fourth-order valence-electron chi connectivity index (χ4n) is 2.08. The van der Waals surface area contributed by atoms with Crippen molar-refractivity contribution in [3.8, 4) is 11.4 Å². The molecule has 0 saturated carbocycles. The van der Waals surface area contributed by atoms with E-state index in [1.165, 1.54) is 0 Å². The van der Waals surface area contributed by atoms with E-state index in [1.54, 1.807) is 0 Å². The molecule has 112 valence electrons. The van der Waals surface area contributed by atoms with Crippen LogP contribution in [0, 0.1) is 0 Å². The summed E-state index contributed by atoms with van der Waals surface area (Å²) >= 11 is 1.87. The predicted molar refractivity (Wildman–Crippen MR) is 92.6 cm³/mol. The Labute approximate surface area is 130 Å². The van der Waals surface area contributed by atoms with E-state index in [2.05, 4.69) is 31.1 Å². The first-order valence-corrected chi connectivity index (χ1v) is 8.02. The predicted octanol–water partition coefficient (Wildman–Crippen LogP) is 3.76. The number of hydrogen-bond donors (Lipinski definition) is 2. The first kappa shape index (κ1) is 15.6. The number of thioether (sulfide) groups is 1. The van der Waals surface area contributed by atoms with E-state index in [-0.39, 0.29) is 4.75 Å². The van der Waals surface area contributed by atoms with Crippen LogP contribution in [0.15, 0.2) is 30.3 Å². The third-order valence-electron chi connectivity index (χ3n) is 3.27. The lowest BCUT2D eigenvalue weighted by Crippen LogP contribution is -2.16. The molecular formula is C16H22N4S. The molecule has 4 nitrogen and oxygen atoms in total. The maximum absolute atomic E-state index is 5.74. The molecular weight excluding hydrogens is 280 g/mol. The second-order valence-corrected chi connectivity index (χ2v) is 7.16. The highest BCUT2D eigenvalue weighted by molar-refractivity contribution is 8.00. The third kappa shape index (κ3) is 3.67. The molecule has 0 fully saturated rings. The van der Waals surface area contributed by atoms with Gasteiger partial charge in [-0.05, 0) is 43.9 Å². The Bertz CT molecular complexity index is 608. The summed E-state index contributed by atoms with van der Waals surface area (Å²) in [5.74, 6) is 2.60. The summed E-state index contributed by atoms with van der Waals surface area (Å²) in [5, 5.41) is 3.12. The van der Waals surface area contributed by atoms with E-state index >= 15 is 0 Å². The van der Waals surface area contributed by atoms with Crippen LogP contribution < -0.4 is 11.1 Å². The van der Waals surface area contributed by atoms with Crippen LogP contribution in [0.2, 0.25) is 0 Å². The topological polar surface area (TPSA) is 63.8 Å². The van der Waals surface area contributed by atoms with Crippen LogP contribution >= 0.6 is 11.8 Å². The maximum atomic E-state index is 5.74. The van der Waals surface area contributed by atoms with Gasteiger partial charge in [0, 0.05) is 24.4 Å². The summed E-state index contributed by atoms with van der Waals surface area (Å²) in [6, 6.07) is 9.66. The number of nitrogens with zero attached hydrogens (tertiary/aromatic N) is 2. The van der Waals surface area contributed by atoms with Crippen LogP contribution in [-0.2, 0) is 4.75 Å². The monoisotopic (exact) mass is 302 g/mol. The lowest BCUT2D eigenvalue weighted by atomic mass is 10.1. The minimum absolute atomic E-state index is 0.0498. The summed E-state index contributed by atoms with van der Waals surface area (Å²) < 4.78 is -0.0498. The Morgan fingerprint density at radius 1 is 1.19 bits per heavy atom. The molecule has 0 aliphatic rings. The summed E-state index contributed by atoms with van der Waals surface area (Å²) in [7, 11) is 1.87. The highest BCUT2D eigenvalue weighted by Gasteiger charge is 2.23. The fourth-order valence-corrected chi connectivity index (χ4v) is 3.05. The molecule has 2 aromatic rings. The zero-order valence-corrected chi connectivity index (χ0v) is 13.8. The molecule has 0 aliphatic carbocycles. The number of nitrogens with two attached hydrogens (primary N) is 1. The summed E-state index contributed by atoms with van der Waals surface area (Å²) in [5.41, 5.74) is 8.48. The van der Waals surface area contributed by atoms with Crippen molar-refractivity contribution >= 4 is 23.3 Å². The molecule has 0 amide bonds. The standard InChI is InChI=1S/C16H22N4S/c1-5-21-16(2,3)13-10-14(18-4)20-15(19-13)11-6-8-12(17)9-7-11/h6-10H,5,17H2,1-4H3,(H,18,19,20). The van der Waals surface area contributed by atoms with Crippen LogP contribution in [0.5, 0.6) is 0 Å². The van der Waals surface area contributed by atoms with Crippen LogP contribution in [0.3, 0.4) is 0 Å². The van der Waals surface area contributed by atoms with Crippen LogP contribution in [0.1, 0.15) is 26.5 Å². The number of benzene rings is 1. The molecule has 0 saturated heterocycles. The molecule has 1 aromatic carbocycles. The molecule has 0 spiro atoms. The minimum Gasteiger partial charge on any atom is -0.399 e. The van der Waals surface area contributed by atoms with Crippen molar-refractivity contribution in [2.24, 2.45) is 0 Å². The van der Waals surface area contributed by atoms with E-state index in [0.717, 1.165) is 34.3 Å². The molecule has 0 unspecified atom stereocenters. The highest BCUT2D eigenvalue weighted by atomic mass is 32.2. The van der Waals surface area contributed by atoms with E-state index in [4.69, 9.17) is 10.7 Å². The van der Waals surface area contributed by atoms with E-state index < -0.39 is 0 Å². The Balaban J connectivity index is 2.49. The number of rotatable bonds is 5. The highest BCUT2D eigenvalue weighted by Crippen LogP contribution is 2.35. The average Bonchev–Trinajstić information content (AvgIpc) is 2.47. The second-order valence-electron chi connectivity index (χ2n) is 5.28. The third-order valence-corrected chi connectivity index (χ3v) is 4.49. The van der Waals surface area contributed by atoms with Crippen molar-refractivity contribution in [3.63, 3.8) is 0 Å². The lowest BCUT2D eigenvalue weighted by molar-refractivity contribution is 0.744. The molecule has 0 atom stereocenters. The number of aromatic nitrogens is 2. The van der Waals surface area contributed by atoms with E-state index in [0.29, 0.717) is 0 Å². The van der Waals surface area contributed by atoms with Crippen LogP contribution in [0.25, 0.3) is 11.4 Å². The zero-order chi connectivity index (χ0) is 15.5. The van der Waals surface area contributed by atoms with E-state index in [9.17, 15) is 0 Å². The van der Waals surface area contributed by atoms with Crippen LogP contribution in [0.4, 0.5) is 11.5 Å². The first-order valence-electron chi connectivity index (χ1n) is 7.03. The quantitative estimate of drug-likeness (QED) is 0.823. The number of hydrogen-bond acceptors (Lipinski definition) is 5. The van der Waals surface area contributed by atoms with Crippen molar-refractivity contribution in [2.45, 2.75) is 25.5 Å². The molecule has 1 aromatic heterocycles. The molecule has 0 bridgehead atoms. The van der Waals surface area contributed by atoms with Gasteiger partial charge in [-0.15, -0.1) is 11.8 Å². The summed E-state index contributed by atoms with van der Waals surface area (Å²) in [6.45, 7) is 6.54. The van der Waals surface area contributed by atoms with Crippen molar-refractivity contribution < 1.29 is 0 Å². The minimum atomic E-state index is -0.0498. The van der Waals surface area contributed by atoms with Gasteiger partial charge in [-0.25, -0.2) is 9.97 Å². The molecule has 3 N–H and O–H groups in total. The molecule has 5 heteroatoms. The molecule has 2 rings (SSSR count). The maximum Gasteiger partial charge on any atom is 0.161 e. The van der Waals surface area contributed by atoms with Crippen molar-refractivity contribution in [1.29, 1.82) is 0 Å². The van der Waals surface area contributed by atoms with Gasteiger partial charge >= 0.3 is 0 Å². The normalized spacial score (nSPS) is 11.4. The Hall–Kier alpha value is -1.75. The van der Waals surface area contributed by atoms with Crippen molar-refractivity contribution in [3.05, 3.63) is 36.0 Å². The smallest absolute Gasteiger partial charge is 0.161 e. The SMILES string of the molecule is CCSC(C)(C)c1cc(NC)nc(-c2ccc(N)cc2)n1. The summed E-state index contributed by atoms with van der Waals surface area (Å²) in [6.07, 6.45) is 0. The fraction of sp³-hybridized carbons (Fsp3) is 0.375. The first-order chi connectivity index (χ1) is 9.96. The van der Waals surface area contributed by atoms with Gasteiger partial charge in [0.15, 0.2) is 5.82 Å². The number of anilines is 2. The van der Waals surface area contributed by atoms with Gasteiger partial charge in [-0.3, -0.25) is 0 Å². The van der Waals surface area contributed by atoms with Gasteiger partial charge in [0.2, 0.25) is 0 Å². The van der Waals surface area contributed by atoms with Gasteiger partial charge in [-0.1, -0.05) is 6.92 Å². The molecule has 1 heterocycles. The molecule has 21 heavy (non-hydrogen) atoms.